The molecule has 3 aromatic carbocycles. The van der Waals surface area contributed by atoms with E-state index >= 15 is 0 Å². The number of benzene rings is 3. The van der Waals surface area contributed by atoms with Crippen LogP contribution in [0.5, 0.6) is 0 Å². The van der Waals surface area contributed by atoms with Crippen molar-refractivity contribution in [3.05, 3.63) is 112 Å². The van der Waals surface area contributed by atoms with Gasteiger partial charge < -0.3 is 5.32 Å². The van der Waals surface area contributed by atoms with E-state index in [0.717, 1.165) is 20.8 Å². The molecule has 34 heavy (non-hydrogen) atoms. The Labute approximate surface area is 198 Å². The number of aromatic nitrogens is 3. The van der Waals surface area contributed by atoms with Gasteiger partial charge in [-0.15, -0.1) is 11.3 Å². The molecule has 0 radical (unpaired) electrons. The number of nitrogens with one attached hydrogen (secondary N) is 1. The van der Waals surface area contributed by atoms with Crippen LogP contribution in [0.2, 0.25) is 0 Å². The van der Waals surface area contributed by atoms with Crippen LogP contribution in [0.25, 0.3) is 20.8 Å². The Bertz CT molecular complexity index is 1560. The molecular weight excluding hydrogens is 451 g/mol. The summed E-state index contributed by atoms with van der Waals surface area (Å²) in [7, 11) is 0. The molecule has 0 aliphatic carbocycles. The van der Waals surface area contributed by atoms with Crippen LogP contribution in [0.15, 0.2) is 83.7 Å². The van der Waals surface area contributed by atoms with Gasteiger partial charge >= 0.3 is 0 Å². The lowest BCUT2D eigenvalue weighted by molar-refractivity contribution is 0.102. The number of carbonyl (C=O) groups is 1. The van der Waals surface area contributed by atoms with Gasteiger partial charge in [0, 0.05) is 17.3 Å². The predicted octanol–water partition coefficient (Wildman–Crippen LogP) is 5.27. The molecule has 0 aliphatic rings. The number of nitrogens with zero attached hydrogens (tertiary/aromatic N) is 3. The quantitative estimate of drug-likeness (QED) is 0.380. The molecule has 0 aliphatic heterocycles. The molecule has 1 amide bonds. The Morgan fingerprint density at radius 3 is 2.53 bits per heavy atom. The number of hydrogen-bond donors (Lipinski definition) is 1. The Balaban J connectivity index is 1.32. The number of carbonyl (C=O) groups excluding carboxylic acids is 1. The average Bonchev–Trinajstić information content (AvgIpc) is 3.25. The summed E-state index contributed by atoms with van der Waals surface area (Å²) in [6.45, 7) is 2.19. The molecule has 2 aromatic heterocycles. The lowest BCUT2D eigenvalue weighted by Crippen LogP contribution is -2.26. The minimum atomic E-state index is -0.434. The van der Waals surface area contributed by atoms with Crippen molar-refractivity contribution in [2.75, 3.05) is 5.32 Å². The molecule has 2 heterocycles. The third kappa shape index (κ3) is 4.62. The second-order valence-electron chi connectivity index (χ2n) is 7.86. The van der Waals surface area contributed by atoms with Crippen LogP contribution >= 0.6 is 11.3 Å². The van der Waals surface area contributed by atoms with Crippen molar-refractivity contribution in [3.63, 3.8) is 0 Å². The zero-order valence-corrected chi connectivity index (χ0v) is 19.0. The van der Waals surface area contributed by atoms with Crippen molar-refractivity contribution in [1.82, 2.24) is 14.8 Å². The van der Waals surface area contributed by atoms with Crippen molar-refractivity contribution in [3.8, 4) is 10.6 Å². The van der Waals surface area contributed by atoms with Gasteiger partial charge in [-0.1, -0.05) is 18.2 Å². The van der Waals surface area contributed by atoms with Crippen molar-refractivity contribution in [2.45, 2.75) is 13.5 Å². The molecule has 0 fully saturated rings. The van der Waals surface area contributed by atoms with Gasteiger partial charge in [-0.2, -0.15) is 5.10 Å². The zero-order chi connectivity index (χ0) is 23.7. The van der Waals surface area contributed by atoms with Crippen LogP contribution in [-0.2, 0) is 6.54 Å². The third-order valence-electron chi connectivity index (χ3n) is 5.28. The third-order valence-corrected chi connectivity index (χ3v) is 6.35. The molecule has 0 atom stereocenters. The molecule has 8 heteroatoms. The van der Waals surface area contributed by atoms with E-state index in [1.165, 1.54) is 34.5 Å². The van der Waals surface area contributed by atoms with Gasteiger partial charge in [0.25, 0.3) is 11.5 Å². The van der Waals surface area contributed by atoms with Gasteiger partial charge in [0.2, 0.25) is 0 Å². The maximum absolute atomic E-state index is 13.1. The highest BCUT2D eigenvalue weighted by molar-refractivity contribution is 7.21. The van der Waals surface area contributed by atoms with Gasteiger partial charge in [-0.25, -0.2) is 14.1 Å². The van der Waals surface area contributed by atoms with Crippen molar-refractivity contribution >= 4 is 33.1 Å². The summed E-state index contributed by atoms with van der Waals surface area (Å²) in [5.74, 6) is -0.794. The molecule has 0 saturated heterocycles. The summed E-state index contributed by atoms with van der Waals surface area (Å²) >= 11 is 1.62. The van der Waals surface area contributed by atoms with E-state index < -0.39 is 5.91 Å². The fraction of sp³-hybridized carbons (Fsp3) is 0.0769. The summed E-state index contributed by atoms with van der Waals surface area (Å²) in [5.41, 5.74) is 4.17. The van der Waals surface area contributed by atoms with Crippen LogP contribution in [0.3, 0.4) is 0 Å². The first-order valence-corrected chi connectivity index (χ1v) is 11.4. The number of aryl methyl sites for hydroxylation is 1. The van der Waals surface area contributed by atoms with E-state index in [0.29, 0.717) is 11.3 Å². The molecule has 0 unspecified atom stereocenters. The smallest absolute Gasteiger partial charge is 0.276 e. The first-order chi connectivity index (χ1) is 16.4. The molecule has 0 bridgehead atoms. The van der Waals surface area contributed by atoms with E-state index in [9.17, 15) is 14.0 Å². The fourth-order valence-corrected chi connectivity index (χ4v) is 4.56. The van der Waals surface area contributed by atoms with Gasteiger partial charge in [0.1, 0.15) is 16.5 Å². The summed E-state index contributed by atoms with van der Waals surface area (Å²) in [5, 5.41) is 7.89. The topological polar surface area (TPSA) is 76.9 Å². The fourth-order valence-electron chi connectivity index (χ4n) is 3.49. The van der Waals surface area contributed by atoms with Crippen molar-refractivity contribution in [2.24, 2.45) is 0 Å². The highest BCUT2D eigenvalue weighted by atomic mass is 32.1. The molecule has 168 valence electrons. The lowest BCUT2D eigenvalue weighted by Gasteiger charge is -2.08. The first kappa shape index (κ1) is 21.7. The number of fused-ring (bicyclic) bond motifs is 1. The molecule has 0 saturated carbocycles. The molecule has 0 spiro atoms. The standard InChI is InChI=1S/C26H19FN4O2S/c1-16-2-11-21-23(14-16)34-26(29-21)18-5-9-20(10-6-18)28-25(33)22-12-13-24(32)31(30-22)15-17-3-7-19(27)8-4-17/h2-14H,15H2,1H3,(H,28,33). The molecule has 6 nitrogen and oxygen atoms in total. The molecular formula is C26H19FN4O2S. The SMILES string of the molecule is Cc1ccc2nc(-c3ccc(NC(=O)c4ccc(=O)n(Cc5ccc(F)cc5)n4)cc3)sc2c1. The van der Waals surface area contributed by atoms with E-state index in [4.69, 9.17) is 0 Å². The van der Waals surface area contributed by atoms with Crippen molar-refractivity contribution < 1.29 is 9.18 Å². The molecule has 5 rings (SSSR count). The summed E-state index contributed by atoms with van der Waals surface area (Å²) < 4.78 is 15.4. The number of anilines is 1. The van der Waals surface area contributed by atoms with E-state index in [2.05, 4.69) is 28.4 Å². The van der Waals surface area contributed by atoms with Crippen LogP contribution in [0.1, 0.15) is 21.6 Å². The van der Waals surface area contributed by atoms with Gasteiger partial charge in [0.05, 0.1) is 16.8 Å². The van der Waals surface area contributed by atoms with E-state index in [-0.39, 0.29) is 23.6 Å². The number of halogens is 1. The second-order valence-corrected chi connectivity index (χ2v) is 8.89. The van der Waals surface area contributed by atoms with Crippen LogP contribution in [0, 0.1) is 12.7 Å². The zero-order valence-electron chi connectivity index (χ0n) is 18.2. The van der Waals surface area contributed by atoms with Crippen LogP contribution in [0.4, 0.5) is 10.1 Å². The number of rotatable bonds is 5. The predicted molar refractivity (Wildman–Crippen MR) is 132 cm³/mol. The maximum atomic E-state index is 13.1. The van der Waals surface area contributed by atoms with E-state index in [1.54, 1.807) is 35.6 Å². The summed E-state index contributed by atoms with van der Waals surface area (Å²) in [6.07, 6.45) is 0. The number of thiazole rings is 1. The van der Waals surface area contributed by atoms with Gasteiger partial charge in [-0.3, -0.25) is 9.59 Å². The average molecular weight is 471 g/mol. The minimum Gasteiger partial charge on any atom is -0.321 e. The first-order valence-electron chi connectivity index (χ1n) is 10.6. The second kappa shape index (κ2) is 8.99. The largest absolute Gasteiger partial charge is 0.321 e. The van der Waals surface area contributed by atoms with Crippen molar-refractivity contribution in [1.29, 1.82) is 0 Å². The highest BCUT2D eigenvalue weighted by Gasteiger charge is 2.12. The summed E-state index contributed by atoms with van der Waals surface area (Å²) in [6, 6.07) is 22.1. The van der Waals surface area contributed by atoms with Gasteiger partial charge in [-0.05, 0) is 72.6 Å². The van der Waals surface area contributed by atoms with E-state index in [1.807, 2.05) is 24.3 Å². The molecule has 5 aromatic rings. The highest BCUT2D eigenvalue weighted by Crippen LogP contribution is 2.31. The normalized spacial score (nSPS) is 11.0. The number of hydrogen-bond acceptors (Lipinski definition) is 5. The van der Waals surface area contributed by atoms with Crippen LogP contribution < -0.4 is 10.9 Å². The maximum Gasteiger partial charge on any atom is 0.276 e. The monoisotopic (exact) mass is 470 g/mol. The van der Waals surface area contributed by atoms with Gasteiger partial charge in [0.15, 0.2) is 0 Å². The lowest BCUT2D eigenvalue weighted by atomic mass is 10.2. The summed E-state index contributed by atoms with van der Waals surface area (Å²) in [4.78, 5) is 29.6. The Morgan fingerprint density at radius 2 is 1.76 bits per heavy atom. The Hall–Kier alpha value is -4.17. The Kier molecular flexibility index (Phi) is 5.73. The minimum absolute atomic E-state index is 0.104. The molecule has 1 N–H and O–H groups in total. The van der Waals surface area contributed by atoms with Crippen LogP contribution in [-0.4, -0.2) is 20.7 Å². The number of amides is 1. The Morgan fingerprint density at radius 1 is 1.00 bits per heavy atom.